The van der Waals surface area contributed by atoms with Crippen LogP contribution >= 0.6 is 0 Å². The Morgan fingerprint density at radius 2 is 2.00 bits per heavy atom. The molecule has 3 rings (SSSR count). The molecule has 2 N–H and O–H groups in total. The number of piperidine rings is 1. The number of amides is 2. The van der Waals surface area contributed by atoms with Crippen molar-refractivity contribution >= 4 is 11.8 Å². The first-order valence-electron chi connectivity index (χ1n) is 8.05. The minimum Gasteiger partial charge on any atom is -0.387 e. The van der Waals surface area contributed by atoms with Gasteiger partial charge in [-0.15, -0.1) is 0 Å². The van der Waals surface area contributed by atoms with E-state index in [2.05, 4.69) is 5.32 Å². The summed E-state index contributed by atoms with van der Waals surface area (Å²) in [4.78, 5) is 25.7. The minimum absolute atomic E-state index is 0.00587. The second-order valence-electron chi connectivity index (χ2n) is 6.33. The van der Waals surface area contributed by atoms with Gasteiger partial charge in [0.2, 0.25) is 11.8 Å². The van der Waals surface area contributed by atoms with Crippen molar-refractivity contribution in [2.24, 2.45) is 5.92 Å². The first-order valence-corrected chi connectivity index (χ1v) is 8.05. The van der Waals surface area contributed by atoms with Gasteiger partial charge in [-0.1, -0.05) is 12.1 Å². The molecule has 2 unspecified atom stereocenters. The quantitative estimate of drug-likeness (QED) is 0.861. The molecular formula is C17H21FN2O3. The third-order valence-corrected chi connectivity index (χ3v) is 4.51. The number of halogens is 1. The van der Waals surface area contributed by atoms with Gasteiger partial charge in [-0.3, -0.25) is 9.59 Å². The summed E-state index contributed by atoms with van der Waals surface area (Å²) in [7, 11) is 0. The Morgan fingerprint density at radius 1 is 1.30 bits per heavy atom. The van der Waals surface area contributed by atoms with Crippen LogP contribution in [-0.4, -0.2) is 41.0 Å². The van der Waals surface area contributed by atoms with E-state index in [1.165, 1.54) is 24.3 Å². The van der Waals surface area contributed by atoms with Crippen LogP contribution in [0, 0.1) is 11.7 Å². The number of hydrogen-bond acceptors (Lipinski definition) is 3. The molecule has 2 amide bonds. The Balaban J connectivity index is 1.65. The van der Waals surface area contributed by atoms with E-state index in [-0.39, 0.29) is 36.1 Å². The van der Waals surface area contributed by atoms with Crippen molar-refractivity contribution in [2.45, 2.75) is 37.8 Å². The lowest BCUT2D eigenvalue weighted by Gasteiger charge is -2.31. The van der Waals surface area contributed by atoms with Gasteiger partial charge in [0.05, 0.1) is 18.6 Å². The van der Waals surface area contributed by atoms with Gasteiger partial charge in [0.1, 0.15) is 5.82 Å². The molecule has 0 bridgehead atoms. The van der Waals surface area contributed by atoms with Gasteiger partial charge in [0.15, 0.2) is 0 Å². The molecule has 124 valence electrons. The van der Waals surface area contributed by atoms with Crippen molar-refractivity contribution in [3.8, 4) is 0 Å². The molecule has 0 radical (unpaired) electrons. The third-order valence-electron chi connectivity index (χ3n) is 4.51. The summed E-state index contributed by atoms with van der Waals surface area (Å²) >= 11 is 0. The van der Waals surface area contributed by atoms with E-state index in [1.54, 1.807) is 4.90 Å². The average molecular weight is 320 g/mol. The van der Waals surface area contributed by atoms with Crippen molar-refractivity contribution < 1.29 is 19.1 Å². The number of aliphatic hydroxyl groups excluding tert-OH is 1. The molecule has 1 heterocycles. The SMILES string of the molecule is O=C1CCC(C(=O)N(CC(O)c2ccc(F)cc2)C2CC2)CN1. The van der Waals surface area contributed by atoms with E-state index in [9.17, 15) is 19.1 Å². The molecular weight excluding hydrogens is 299 g/mol. The first-order chi connectivity index (χ1) is 11.0. The fourth-order valence-corrected chi connectivity index (χ4v) is 2.96. The lowest BCUT2D eigenvalue weighted by Crippen LogP contribution is -2.46. The lowest BCUT2D eigenvalue weighted by molar-refractivity contribution is -0.139. The van der Waals surface area contributed by atoms with Crippen molar-refractivity contribution in [3.05, 3.63) is 35.6 Å². The summed E-state index contributed by atoms with van der Waals surface area (Å²) in [5, 5.41) is 13.1. The zero-order valence-corrected chi connectivity index (χ0v) is 12.9. The fraction of sp³-hybridized carbons (Fsp3) is 0.529. The fourth-order valence-electron chi connectivity index (χ4n) is 2.96. The van der Waals surface area contributed by atoms with Crippen LogP contribution in [0.3, 0.4) is 0 Å². The van der Waals surface area contributed by atoms with Crippen molar-refractivity contribution in [2.75, 3.05) is 13.1 Å². The van der Waals surface area contributed by atoms with E-state index in [0.29, 0.717) is 24.9 Å². The molecule has 0 spiro atoms. The Hall–Kier alpha value is -1.95. The smallest absolute Gasteiger partial charge is 0.227 e. The number of nitrogens with zero attached hydrogens (tertiary/aromatic N) is 1. The summed E-state index contributed by atoms with van der Waals surface area (Å²) in [6, 6.07) is 5.86. The van der Waals surface area contributed by atoms with Crippen LogP contribution in [0.5, 0.6) is 0 Å². The second kappa shape index (κ2) is 6.66. The number of benzene rings is 1. The predicted molar refractivity (Wildman–Crippen MR) is 81.8 cm³/mol. The van der Waals surface area contributed by atoms with Gasteiger partial charge >= 0.3 is 0 Å². The van der Waals surface area contributed by atoms with E-state index < -0.39 is 6.10 Å². The Labute approximate surface area is 134 Å². The zero-order valence-electron chi connectivity index (χ0n) is 12.9. The minimum atomic E-state index is -0.835. The van der Waals surface area contributed by atoms with Gasteiger partial charge < -0.3 is 15.3 Å². The van der Waals surface area contributed by atoms with Gasteiger partial charge in [0.25, 0.3) is 0 Å². The molecule has 1 aromatic carbocycles. The van der Waals surface area contributed by atoms with Gasteiger partial charge in [-0.2, -0.15) is 0 Å². The monoisotopic (exact) mass is 320 g/mol. The highest BCUT2D eigenvalue weighted by molar-refractivity contribution is 5.84. The van der Waals surface area contributed by atoms with Crippen LogP contribution < -0.4 is 5.32 Å². The van der Waals surface area contributed by atoms with Crippen molar-refractivity contribution in [1.82, 2.24) is 10.2 Å². The molecule has 1 saturated heterocycles. The molecule has 1 saturated carbocycles. The topological polar surface area (TPSA) is 69.6 Å². The molecule has 5 nitrogen and oxygen atoms in total. The molecule has 1 aliphatic heterocycles. The maximum absolute atomic E-state index is 13.0. The maximum atomic E-state index is 13.0. The summed E-state index contributed by atoms with van der Waals surface area (Å²) in [5.41, 5.74) is 0.599. The van der Waals surface area contributed by atoms with Crippen LogP contribution in [0.15, 0.2) is 24.3 Å². The average Bonchev–Trinajstić information content (AvgIpc) is 3.38. The number of aliphatic hydroxyl groups is 1. The number of carbonyl (C=O) groups excluding carboxylic acids is 2. The Bertz CT molecular complexity index is 576. The summed E-state index contributed by atoms with van der Waals surface area (Å²) < 4.78 is 13.0. The highest BCUT2D eigenvalue weighted by Gasteiger charge is 2.37. The summed E-state index contributed by atoms with van der Waals surface area (Å²) in [5.74, 6) is -0.588. The number of carbonyl (C=O) groups is 2. The van der Waals surface area contributed by atoms with Gasteiger partial charge in [-0.25, -0.2) is 4.39 Å². The summed E-state index contributed by atoms with van der Waals surface area (Å²) in [6.45, 7) is 0.576. The highest BCUT2D eigenvalue weighted by atomic mass is 19.1. The molecule has 1 aromatic rings. The van der Waals surface area contributed by atoms with Crippen molar-refractivity contribution in [1.29, 1.82) is 0 Å². The van der Waals surface area contributed by atoms with E-state index >= 15 is 0 Å². The number of rotatable bonds is 5. The first kappa shape index (κ1) is 15.9. The van der Waals surface area contributed by atoms with Gasteiger partial charge in [-0.05, 0) is 37.0 Å². The predicted octanol–water partition coefficient (Wildman–Crippen LogP) is 1.38. The van der Waals surface area contributed by atoms with Crippen LogP contribution in [0.4, 0.5) is 4.39 Å². The summed E-state index contributed by atoms with van der Waals surface area (Å²) in [6.07, 6.45) is 1.98. The van der Waals surface area contributed by atoms with E-state index in [0.717, 1.165) is 12.8 Å². The lowest BCUT2D eigenvalue weighted by atomic mass is 9.97. The van der Waals surface area contributed by atoms with Gasteiger partial charge in [0, 0.05) is 19.0 Å². The van der Waals surface area contributed by atoms with E-state index in [1.807, 2.05) is 0 Å². The molecule has 2 fully saturated rings. The highest BCUT2D eigenvalue weighted by Crippen LogP contribution is 2.31. The Kier molecular flexibility index (Phi) is 4.61. The van der Waals surface area contributed by atoms with Crippen LogP contribution in [0.2, 0.25) is 0 Å². The molecule has 2 atom stereocenters. The van der Waals surface area contributed by atoms with E-state index in [4.69, 9.17) is 0 Å². The molecule has 2 aliphatic rings. The largest absolute Gasteiger partial charge is 0.387 e. The third kappa shape index (κ3) is 3.88. The number of nitrogens with one attached hydrogen (secondary N) is 1. The van der Waals surface area contributed by atoms with Crippen LogP contribution in [0.25, 0.3) is 0 Å². The van der Waals surface area contributed by atoms with Crippen molar-refractivity contribution in [3.63, 3.8) is 0 Å². The molecule has 0 aromatic heterocycles. The molecule has 23 heavy (non-hydrogen) atoms. The standard InChI is InChI=1S/C17H21FN2O3/c18-13-4-1-11(2-5-13)15(21)10-20(14-6-7-14)17(23)12-3-8-16(22)19-9-12/h1-2,4-5,12,14-15,21H,3,6-10H2,(H,19,22). The number of hydrogen-bond donors (Lipinski definition) is 2. The molecule has 1 aliphatic carbocycles. The van der Waals surface area contributed by atoms with Crippen LogP contribution in [0.1, 0.15) is 37.4 Å². The maximum Gasteiger partial charge on any atom is 0.227 e. The zero-order chi connectivity index (χ0) is 16.4. The molecule has 6 heteroatoms. The normalized spacial score (nSPS) is 22.3. The Morgan fingerprint density at radius 3 is 2.57 bits per heavy atom. The van der Waals surface area contributed by atoms with Crippen LogP contribution in [-0.2, 0) is 9.59 Å². The second-order valence-corrected chi connectivity index (χ2v) is 6.33.